The normalized spacial score (nSPS) is 18.9. The van der Waals surface area contributed by atoms with E-state index in [0.717, 1.165) is 6.42 Å². The minimum atomic E-state index is -0.102. The summed E-state index contributed by atoms with van der Waals surface area (Å²) in [5.41, 5.74) is 0. The van der Waals surface area contributed by atoms with Gasteiger partial charge >= 0.3 is 0 Å². The first-order chi connectivity index (χ1) is 7.27. The van der Waals surface area contributed by atoms with Crippen LogP contribution in [0, 0.1) is 0 Å². The highest BCUT2D eigenvalue weighted by molar-refractivity contribution is 5.91. The Bertz CT molecular complexity index is 323. The van der Waals surface area contributed by atoms with Crippen LogP contribution in [0.15, 0.2) is 22.8 Å². The number of hydrogen-bond acceptors (Lipinski definition) is 4. The van der Waals surface area contributed by atoms with Gasteiger partial charge < -0.3 is 14.5 Å². The van der Waals surface area contributed by atoms with Gasteiger partial charge in [0.25, 0.3) is 5.91 Å². The molecule has 1 fully saturated rings. The first kappa shape index (κ1) is 10.2. The van der Waals surface area contributed by atoms with Crippen molar-refractivity contribution in [3.05, 3.63) is 24.2 Å². The Morgan fingerprint density at radius 2 is 2.20 bits per heavy atom. The second-order valence-corrected chi connectivity index (χ2v) is 3.58. The molecule has 0 saturated carbocycles. The Hall–Kier alpha value is -1.33. The molecule has 5 nitrogen and oxygen atoms in total. The van der Waals surface area contributed by atoms with E-state index in [0.29, 0.717) is 31.9 Å². The van der Waals surface area contributed by atoms with E-state index in [1.807, 2.05) is 0 Å². The van der Waals surface area contributed by atoms with E-state index in [4.69, 9.17) is 4.42 Å². The van der Waals surface area contributed by atoms with Crippen molar-refractivity contribution in [2.75, 3.05) is 26.2 Å². The molecule has 0 aliphatic carbocycles. The second kappa shape index (κ2) is 4.46. The zero-order valence-electron chi connectivity index (χ0n) is 8.43. The summed E-state index contributed by atoms with van der Waals surface area (Å²) in [6, 6.07) is 3.35. The molecule has 5 heteroatoms. The molecule has 0 aromatic carbocycles. The topological polar surface area (TPSA) is 56.9 Å². The first-order valence-electron chi connectivity index (χ1n) is 5.04. The Kier molecular flexibility index (Phi) is 3.03. The summed E-state index contributed by atoms with van der Waals surface area (Å²) < 4.78 is 5.05. The summed E-state index contributed by atoms with van der Waals surface area (Å²) in [6.45, 7) is 2.31. The molecule has 0 radical (unpaired) electrons. The molecule has 0 bridgehead atoms. The number of nitrogens with zero attached hydrogens (tertiary/aromatic N) is 2. The van der Waals surface area contributed by atoms with Crippen molar-refractivity contribution >= 4 is 5.91 Å². The van der Waals surface area contributed by atoms with Crippen LogP contribution in [0.5, 0.6) is 0 Å². The van der Waals surface area contributed by atoms with Gasteiger partial charge in [-0.15, -0.1) is 0 Å². The zero-order valence-corrected chi connectivity index (χ0v) is 8.43. The number of rotatable bonds is 1. The summed E-state index contributed by atoms with van der Waals surface area (Å²) in [5, 5.41) is 10.5. The van der Waals surface area contributed by atoms with E-state index in [1.54, 1.807) is 17.0 Å². The molecule has 1 aromatic rings. The summed E-state index contributed by atoms with van der Waals surface area (Å²) in [5.74, 6) is 0.261. The van der Waals surface area contributed by atoms with Crippen molar-refractivity contribution < 1.29 is 14.4 Å². The molecule has 2 rings (SSSR count). The van der Waals surface area contributed by atoms with Gasteiger partial charge in [-0.1, -0.05) is 0 Å². The van der Waals surface area contributed by atoms with Crippen LogP contribution in [0.3, 0.4) is 0 Å². The third-order valence-corrected chi connectivity index (χ3v) is 2.49. The number of hydrogen-bond donors (Lipinski definition) is 1. The van der Waals surface area contributed by atoms with Crippen molar-refractivity contribution in [1.82, 2.24) is 9.96 Å². The molecule has 1 aromatic heterocycles. The van der Waals surface area contributed by atoms with Gasteiger partial charge in [-0.3, -0.25) is 4.79 Å². The lowest BCUT2D eigenvalue weighted by atomic mass is 10.3. The Balaban J connectivity index is 2.01. The van der Waals surface area contributed by atoms with Crippen molar-refractivity contribution in [1.29, 1.82) is 0 Å². The predicted molar refractivity (Wildman–Crippen MR) is 52.6 cm³/mol. The quantitative estimate of drug-likeness (QED) is 0.745. The van der Waals surface area contributed by atoms with Gasteiger partial charge in [0, 0.05) is 26.2 Å². The maximum atomic E-state index is 11.9. The molecule has 0 atom stereocenters. The molecule has 0 spiro atoms. The van der Waals surface area contributed by atoms with Crippen molar-refractivity contribution in [3.63, 3.8) is 0 Å². The minimum absolute atomic E-state index is 0.102. The third kappa shape index (κ3) is 2.37. The standard InChI is InChI=1S/C10H14N2O3/c13-10(9-3-1-8-15-9)11-4-2-5-12(14)7-6-11/h1,3,8,14H,2,4-7H2. The lowest BCUT2D eigenvalue weighted by molar-refractivity contribution is -0.0858. The molecule has 15 heavy (non-hydrogen) atoms. The van der Waals surface area contributed by atoms with Gasteiger partial charge in [0.1, 0.15) is 0 Å². The van der Waals surface area contributed by atoms with Crippen LogP contribution in [0.25, 0.3) is 0 Å². The SMILES string of the molecule is O=C(c1ccco1)N1CCCN(O)CC1. The van der Waals surface area contributed by atoms with Crippen LogP contribution in [0.4, 0.5) is 0 Å². The summed E-state index contributed by atoms with van der Waals surface area (Å²) in [7, 11) is 0. The third-order valence-electron chi connectivity index (χ3n) is 2.49. The highest BCUT2D eigenvalue weighted by Gasteiger charge is 2.20. The van der Waals surface area contributed by atoms with E-state index < -0.39 is 0 Å². The number of carbonyl (C=O) groups excluding carboxylic acids is 1. The molecule has 82 valence electrons. The maximum absolute atomic E-state index is 11.9. The van der Waals surface area contributed by atoms with Crippen molar-refractivity contribution in [2.24, 2.45) is 0 Å². The van der Waals surface area contributed by atoms with E-state index in [2.05, 4.69) is 0 Å². The molecule has 1 aliphatic rings. The van der Waals surface area contributed by atoms with Crippen LogP contribution >= 0.6 is 0 Å². The Morgan fingerprint density at radius 1 is 1.33 bits per heavy atom. The number of carbonyl (C=O) groups is 1. The average Bonchev–Trinajstić information content (AvgIpc) is 2.67. The summed E-state index contributed by atoms with van der Waals surface area (Å²) in [6.07, 6.45) is 2.27. The molecule has 1 N–H and O–H groups in total. The number of furan rings is 1. The molecular weight excluding hydrogens is 196 g/mol. The predicted octanol–water partition coefficient (Wildman–Crippen LogP) is 0.817. The summed E-state index contributed by atoms with van der Waals surface area (Å²) >= 11 is 0. The van der Waals surface area contributed by atoms with Gasteiger partial charge in [-0.2, -0.15) is 5.06 Å². The second-order valence-electron chi connectivity index (χ2n) is 3.58. The minimum Gasteiger partial charge on any atom is -0.459 e. The van der Waals surface area contributed by atoms with Gasteiger partial charge in [-0.25, -0.2) is 0 Å². The lowest BCUT2D eigenvalue weighted by Crippen LogP contribution is -2.34. The Morgan fingerprint density at radius 3 is 2.93 bits per heavy atom. The monoisotopic (exact) mass is 210 g/mol. The van der Waals surface area contributed by atoms with E-state index in [1.165, 1.54) is 11.3 Å². The lowest BCUT2D eigenvalue weighted by Gasteiger charge is -2.18. The fourth-order valence-corrected chi connectivity index (χ4v) is 1.66. The number of amides is 1. The number of hydroxylamine groups is 2. The highest BCUT2D eigenvalue weighted by Crippen LogP contribution is 2.08. The van der Waals surface area contributed by atoms with Gasteiger partial charge in [0.05, 0.1) is 6.26 Å². The highest BCUT2D eigenvalue weighted by atomic mass is 16.5. The van der Waals surface area contributed by atoms with Gasteiger partial charge in [-0.05, 0) is 18.6 Å². The van der Waals surface area contributed by atoms with Crippen LogP contribution in [-0.4, -0.2) is 47.3 Å². The maximum Gasteiger partial charge on any atom is 0.289 e. The molecule has 1 aliphatic heterocycles. The zero-order chi connectivity index (χ0) is 10.7. The summed E-state index contributed by atoms with van der Waals surface area (Å²) in [4.78, 5) is 13.6. The first-order valence-corrected chi connectivity index (χ1v) is 5.04. The van der Waals surface area contributed by atoms with Gasteiger partial charge in [0.2, 0.25) is 0 Å². The molecule has 1 saturated heterocycles. The van der Waals surface area contributed by atoms with E-state index in [9.17, 15) is 10.0 Å². The van der Waals surface area contributed by atoms with Crippen molar-refractivity contribution in [3.8, 4) is 0 Å². The van der Waals surface area contributed by atoms with E-state index >= 15 is 0 Å². The van der Waals surface area contributed by atoms with Gasteiger partial charge in [0.15, 0.2) is 5.76 Å². The fraction of sp³-hybridized carbons (Fsp3) is 0.500. The van der Waals surface area contributed by atoms with Crippen LogP contribution < -0.4 is 0 Å². The molecular formula is C10H14N2O3. The smallest absolute Gasteiger partial charge is 0.289 e. The van der Waals surface area contributed by atoms with Crippen LogP contribution in [-0.2, 0) is 0 Å². The van der Waals surface area contributed by atoms with E-state index in [-0.39, 0.29) is 5.91 Å². The molecule has 1 amide bonds. The average molecular weight is 210 g/mol. The fourth-order valence-electron chi connectivity index (χ4n) is 1.66. The van der Waals surface area contributed by atoms with Crippen LogP contribution in [0.1, 0.15) is 17.0 Å². The largest absolute Gasteiger partial charge is 0.459 e. The molecule has 2 heterocycles. The van der Waals surface area contributed by atoms with Crippen molar-refractivity contribution in [2.45, 2.75) is 6.42 Å². The van der Waals surface area contributed by atoms with Crippen LogP contribution in [0.2, 0.25) is 0 Å². The Labute approximate surface area is 87.8 Å². The molecule has 0 unspecified atom stereocenters.